The Morgan fingerprint density at radius 1 is 1.52 bits per heavy atom. The fraction of sp³-hybridized carbons (Fsp3) is 0.471. The quantitative estimate of drug-likeness (QED) is 0.637. The maximum Gasteiger partial charge on any atom is 0.227 e. The molecule has 0 atom stereocenters. The van der Waals surface area contributed by atoms with Crippen molar-refractivity contribution in [1.82, 2.24) is 9.55 Å². The lowest BCUT2D eigenvalue weighted by Gasteiger charge is -2.30. The minimum Gasteiger partial charge on any atom is -0.370 e. The van der Waals surface area contributed by atoms with Crippen LogP contribution in [-0.4, -0.2) is 26.8 Å². The van der Waals surface area contributed by atoms with Crippen LogP contribution in [0.1, 0.15) is 31.2 Å². The van der Waals surface area contributed by atoms with Gasteiger partial charge in [-0.15, -0.1) is 11.3 Å². The third-order valence-electron chi connectivity index (χ3n) is 3.90. The van der Waals surface area contributed by atoms with Gasteiger partial charge in [-0.05, 0) is 20.8 Å². The van der Waals surface area contributed by atoms with Gasteiger partial charge in [0.2, 0.25) is 11.3 Å². The van der Waals surface area contributed by atoms with E-state index >= 15 is 0 Å². The Morgan fingerprint density at radius 2 is 2.24 bits per heavy atom. The van der Waals surface area contributed by atoms with Gasteiger partial charge in [0.25, 0.3) is 0 Å². The molecule has 0 radical (unpaired) electrons. The second-order valence-electron chi connectivity index (χ2n) is 6.90. The summed E-state index contributed by atoms with van der Waals surface area (Å²) in [5.74, 6) is -0.298. The monoisotopic (exact) mass is 379 g/mol. The molecule has 0 bridgehead atoms. The Balaban J connectivity index is 2.18. The molecule has 2 aromatic heterocycles. The van der Waals surface area contributed by atoms with Crippen LogP contribution in [0.2, 0.25) is 0 Å². The van der Waals surface area contributed by atoms with Crippen LogP contribution in [0.4, 0.5) is 0 Å². The number of nitrogens with zero attached hydrogens (tertiary/aromatic N) is 2. The van der Waals surface area contributed by atoms with E-state index in [1.807, 2.05) is 25.3 Å². The average molecular weight is 380 g/mol. The number of carbonyl (C=O) groups excluding carboxylic acids is 1. The molecule has 0 fully saturated rings. The van der Waals surface area contributed by atoms with E-state index in [0.717, 1.165) is 20.8 Å². The van der Waals surface area contributed by atoms with Crippen LogP contribution in [0.15, 0.2) is 22.1 Å². The molecule has 1 aliphatic rings. The van der Waals surface area contributed by atoms with Crippen molar-refractivity contribution in [3.05, 3.63) is 32.8 Å². The van der Waals surface area contributed by atoms with Crippen LogP contribution in [0.25, 0.3) is 10.3 Å². The zero-order valence-corrected chi connectivity index (χ0v) is 16.2. The lowest BCUT2D eigenvalue weighted by atomic mass is 9.96. The lowest BCUT2D eigenvalue weighted by molar-refractivity contribution is -0.115. The minimum atomic E-state index is -0.417. The van der Waals surface area contributed by atoms with Gasteiger partial charge in [-0.2, -0.15) is 0 Å². The van der Waals surface area contributed by atoms with Gasteiger partial charge in [0.1, 0.15) is 10.3 Å². The number of aromatic nitrogens is 2. The fourth-order valence-electron chi connectivity index (χ4n) is 2.81. The van der Waals surface area contributed by atoms with Gasteiger partial charge in [0.15, 0.2) is 5.16 Å². The molecule has 3 heterocycles. The molecule has 2 aromatic rings. The standard InChI is InChI=1S/C17H21N3O3S2/c1-9(2)6-20-15-13(19-16(20)24-8-12(18)21)14(22)10-5-17(3,4)23-7-11(10)25-15/h1,5-8H2,2-4H3,(H2,18,21). The number of amides is 1. The Labute approximate surface area is 154 Å². The average Bonchev–Trinajstić information content (AvgIpc) is 2.83. The molecule has 134 valence electrons. The van der Waals surface area contributed by atoms with Crippen LogP contribution in [0.5, 0.6) is 0 Å². The molecule has 1 amide bonds. The highest BCUT2D eigenvalue weighted by molar-refractivity contribution is 7.99. The van der Waals surface area contributed by atoms with Crippen molar-refractivity contribution >= 4 is 39.4 Å². The number of nitrogens with two attached hydrogens (primary N) is 1. The van der Waals surface area contributed by atoms with Crippen LogP contribution in [0, 0.1) is 0 Å². The lowest BCUT2D eigenvalue weighted by Crippen LogP contribution is -2.34. The highest BCUT2D eigenvalue weighted by Crippen LogP contribution is 2.33. The maximum atomic E-state index is 13.0. The van der Waals surface area contributed by atoms with Crippen molar-refractivity contribution < 1.29 is 9.53 Å². The Hall–Kier alpha value is -1.64. The van der Waals surface area contributed by atoms with Crippen molar-refractivity contribution in [2.24, 2.45) is 5.73 Å². The topological polar surface area (TPSA) is 87.2 Å². The molecule has 8 heteroatoms. The molecule has 25 heavy (non-hydrogen) atoms. The number of allylic oxidation sites excluding steroid dienone is 1. The van der Waals surface area contributed by atoms with E-state index in [1.54, 1.807) is 0 Å². The van der Waals surface area contributed by atoms with Crippen molar-refractivity contribution in [2.45, 2.75) is 51.1 Å². The van der Waals surface area contributed by atoms with Crippen LogP contribution in [0.3, 0.4) is 0 Å². The first-order chi connectivity index (χ1) is 11.7. The number of carbonyl (C=O) groups is 1. The molecule has 0 aliphatic carbocycles. The van der Waals surface area contributed by atoms with Gasteiger partial charge < -0.3 is 15.0 Å². The summed E-state index contributed by atoms with van der Waals surface area (Å²) >= 11 is 2.78. The van der Waals surface area contributed by atoms with E-state index in [0.29, 0.717) is 30.2 Å². The highest BCUT2D eigenvalue weighted by atomic mass is 32.2. The molecule has 1 aliphatic heterocycles. The number of rotatable bonds is 5. The number of hydrogen-bond donors (Lipinski definition) is 1. The number of hydrogen-bond acceptors (Lipinski definition) is 6. The van der Waals surface area contributed by atoms with Crippen molar-refractivity contribution in [3.63, 3.8) is 0 Å². The van der Waals surface area contributed by atoms with Crippen molar-refractivity contribution in [3.8, 4) is 0 Å². The van der Waals surface area contributed by atoms with Crippen LogP contribution in [-0.2, 0) is 29.1 Å². The van der Waals surface area contributed by atoms with Crippen molar-refractivity contribution in [2.75, 3.05) is 5.75 Å². The summed E-state index contributed by atoms with van der Waals surface area (Å²) in [6, 6.07) is 0. The van der Waals surface area contributed by atoms with Crippen LogP contribution >= 0.6 is 23.1 Å². The van der Waals surface area contributed by atoms with E-state index < -0.39 is 5.91 Å². The second kappa shape index (κ2) is 6.59. The van der Waals surface area contributed by atoms with E-state index in [4.69, 9.17) is 10.5 Å². The number of ether oxygens (including phenoxy) is 1. The van der Waals surface area contributed by atoms with E-state index in [-0.39, 0.29) is 16.8 Å². The number of thioether (sulfide) groups is 1. The van der Waals surface area contributed by atoms with E-state index in [9.17, 15) is 9.59 Å². The first kappa shape index (κ1) is 18.2. The number of primary amides is 1. The first-order valence-corrected chi connectivity index (χ1v) is 9.72. The molecule has 6 nitrogen and oxygen atoms in total. The first-order valence-electron chi connectivity index (χ1n) is 7.92. The van der Waals surface area contributed by atoms with Gasteiger partial charge in [-0.25, -0.2) is 4.98 Å². The summed E-state index contributed by atoms with van der Waals surface area (Å²) in [6.07, 6.45) is 0.574. The normalized spacial score (nSPS) is 16.0. The molecule has 2 N–H and O–H groups in total. The van der Waals surface area contributed by atoms with Crippen LogP contribution < -0.4 is 11.2 Å². The highest BCUT2D eigenvalue weighted by Gasteiger charge is 2.30. The van der Waals surface area contributed by atoms with Gasteiger partial charge in [-0.3, -0.25) is 9.59 Å². The van der Waals surface area contributed by atoms with Gasteiger partial charge in [0.05, 0.1) is 18.0 Å². The third kappa shape index (κ3) is 3.65. The summed E-state index contributed by atoms with van der Waals surface area (Å²) in [5.41, 5.74) is 7.05. The molecule has 0 saturated heterocycles. The summed E-state index contributed by atoms with van der Waals surface area (Å²) in [6.45, 7) is 10.8. The fourth-order valence-corrected chi connectivity index (χ4v) is 4.74. The van der Waals surface area contributed by atoms with Crippen molar-refractivity contribution in [1.29, 1.82) is 0 Å². The summed E-state index contributed by atoms with van der Waals surface area (Å²) in [7, 11) is 0. The minimum absolute atomic E-state index is 0.0403. The smallest absolute Gasteiger partial charge is 0.227 e. The summed E-state index contributed by atoms with van der Waals surface area (Å²) in [4.78, 5) is 30.4. The SMILES string of the molecule is C=C(C)Cn1c(SCC(N)=O)nc2c(=O)c3c(sc21)COC(C)(C)C3. The second-order valence-corrected chi connectivity index (χ2v) is 8.93. The zero-order chi connectivity index (χ0) is 18.4. The Kier molecular flexibility index (Phi) is 4.78. The van der Waals surface area contributed by atoms with Gasteiger partial charge in [0, 0.05) is 23.4 Å². The van der Waals surface area contributed by atoms with Gasteiger partial charge >= 0.3 is 0 Å². The third-order valence-corrected chi connectivity index (χ3v) is 6.12. The van der Waals surface area contributed by atoms with Gasteiger partial charge in [-0.1, -0.05) is 23.9 Å². The molecule has 3 rings (SSSR count). The predicted octanol–water partition coefficient (Wildman–Crippen LogP) is 2.46. The maximum absolute atomic E-state index is 13.0. The Bertz CT molecular complexity index is 927. The summed E-state index contributed by atoms with van der Waals surface area (Å²) < 4.78 is 7.80. The zero-order valence-electron chi connectivity index (χ0n) is 14.5. The molecule has 0 saturated carbocycles. The summed E-state index contributed by atoms with van der Waals surface area (Å²) in [5, 5.41) is 0.618. The molecular weight excluding hydrogens is 358 g/mol. The van der Waals surface area contributed by atoms with E-state index in [2.05, 4.69) is 11.6 Å². The largest absolute Gasteiger partial charge is 0.370 e. The Morgan fingerprint density at radius 3 is 2.88 bits per heavy atom. The predicted molar refractivity (Wildman–Crippen MR) is 101 cm³/mol. The molecular formula is C17H21N3O3S2. The number of fused-ring (bicyclic) bond motifs is 2. The molecule has 0 unspecified atom stereocenters. The molecule has 0 spiro atoms. The molecule has 0 aromatic carbocycles. The number of imidazole rings is 1. The van der Waals surface area contributed by atoms with E-state index in [1.165, 1.54) is 23.1 Å².